The number of hydrogen-bond acceptors (Lipinski definition) is 3. The molecule has 0 aromatic heterocycles. The average molecular weight is 262 g/mol. The summed E-state index contributed by atoms with van der Waals surface area (Å²) in [6.07, 6.45) is 3.01. The van der Waals surface area contributed by atoms with Crippen LogP contribution in [0.5, 0.6) is 5.75 Å². The van der Waals surface area contributed by atoms with Gasteiger partial charge in [-0.15, -0.1) is 0 Å². The molecule has 2 N–H and O–H groups in total. The normalized spacial score (nSPS) is 14.4. The van der Waals surface area contributed by atoms with Crippen molar-refractivity contribution in [2.24, 2.45) is 0 Å². The first-order chi connectivity index (χ1) is 9.10. The number of benzene rings is 1. The van der Waals surface area contributed by atoms with Gasteiger partial charge in [-0.05, 0) is 43.9 Å². The zero-order chi connectivity index (χ0) is 13.8. The second-order valence-electron chi connectivity index (χ2n) is 4.76. The van der Waals surface area contributed by atoms with Gasteiger partial charge < -0.3 is 15.4 Å². The van der Waals surface area contributed by atoms with Crippen molar-refractivity contribution in [1.82, 2.24) is 5.32 Å². The third-order valence-electron chi connectivity index (χ3n) is 3.25. The lowest BCUT2D eigenvalue weighted by Gasteiger charge is -2.25. The summed E-state index contributed by atoms with van der Waals surface area (Å²) in [4.78, 5) is 23.4. The van der Waals surface area contributed by atoms with Gasteiger partial charge in [0, 0.05) is 6.04 Å². The summed E-state index contributed by atoms with van der Waals surface area (Å²) < 4.78 is 5.17. The fourth-order valence-electron chi connectivity index (χ4n) is 1.88. The topological polar surface area (TPSA) is 67.4 Å². The molecule has 0 radical (unpaired) electrons. The molecule has 0 atom stereocenters. The molecule has 19 heavy (non-hydrogen) atoms. The Hall–Kier alpha value is -2.04. The molecule has 102 valence electrons. The van der Waals surface area contributed by atoms with Crippen molar-refractivity contribution >= 4 is 17.5 Å². The molecule has 0 unspecified atom stereocenters. The van der Waals surface area contributed by atoms with Gasteiger partial charge in [-0.25, -0.2) is 0 Å². The summed E-state index contributed by atoms with van der Waals surface area (Å²) in [5, 5.41) is 5.26. The van der Waals surface area contributed by atoms with Gasteiger partial charge in [0.05, 0.1) is 12.8 Å². The van der Waals surface area contributed by atoms with Crippen molar-refractivity contribution in [1.29, 1.82) is 0 Å². The number of carbonyl (C=O) groups is 2. The first-order valence-corrected chi connectivity index (χ1v) is 6.36. The summed E-state index contributed by atoms with van der Waals surface area (Å²) in [7, 11) is 1.53. The highest BCUT2D eigenvalue weighted by molar-refractivity contribution is 6.39. The Morgan fingerprint density at radius 2 is 2.00 bits per heavy atom. The van der Waals surface area contributed by atoms with E-state index in [9.17, 15) is 9.59 Å². The lowest BCUT2D eigenvalue weighted by atomic mass is 9.93. The van der Waals surface area contributed by atoms with E-state index in [4.69, 9.17) is 4.74 Å². The van der Waals surface area contributed by atoms with Crippen molar-refractivity contribution < 1.29 is 14.3 Å². The van der Waals surface area contributed by atoms with E-state index in [0.717, 1.165) is 24.8 Å². The fourth-order valence-corrected chi connectivity index (χ4v) is 1.88. The van der Waals surface area contributed by atoms with Crippen LogP contribution in [-0.2, 0) is 9.59 Å². The molecule has 1 aliphatic rings. The fraction of sp³-hybridized carbons (Fsp3) is 0.429. The van der Waals surface area contributed by atoms with E-state index in [1.54, 1.807) is 12.1 Å². The molecule has 0 aliphatic heterocycles. The number of ether oxygens (including phenoxy) is 1. The van der Waals surface area contributed by atoms with Gasteiger partial charge in [-0.3, -0.25) is 9.59 Å². The maximum absolute atomic E-state index is 11.8. The first kappa shape index (κ1) is 13.4. The van der Waals surface area contributed by atoms with Crippen LogP contribution in [0.25, 0.3) is 0 Å². The van der Waals surface area contributed by atoms with Crippen molar-refractivity contribution in [2.75, 3.05) is 12.4 Å². The van der Waals surface area contributed by atoms with E-state index in [2.05, 4.69) is 10.6 Å². The smallest absolute Gasteiger partial charge is 0.313 e. The van der Waals surface area contributed by atoms with Gasteiger partial charge in [0.25, 0.3) is 0 Å². The summed E-state index contributed by atoms with van der Waals surface area (Å²) >= 11 is 0. The Labute approximate surface area is 112 Å². The predicted octanol–water partition coefficient (Wildman–Crippen LogP) is 1.61. The summed E-state index contributed by atoms with van der Waals surface area (Å²) in [5.41, 5.74) is 1.52. The van der Waals surface area contributed by atoms with Crippen molar-refractivity contribution in [2.45, 2.75) is 32.2 Å². The Morgan fingerprint density at radius 3 is 2.58 bits per heavy atom. The van der Waals surface area contributed by atoms with Crippen molar-refractivity contribution in [3.05, 3.63) is 23.8 Å². The molecular weight excluding hydrogens is 244 g/mol. The van der Waals surface area contributed by atoms with E-state index in [1.165, 1.54) is 7.11 Å². The van der Waals surface area contributed by atoms with E-state index < -0.39 is 11.8 Å². The Morgan fingerprint density at radius 1 is 1.26 bits per heavy atom. The zero-order valence-electron chi connectivity index (χ0n) is 11.2. The van der Waals surface area contributed by atoms with Crippen LogP contribution >= 0.6 is 0 Å². The lowest BCUT2D eigenvalue weighted by Crippen LogP contribution is -2.44. The number of aryl methyl sites for hydroxylation is 1. The van der Waals surface area contributed by atoms with E-state index >= 15 is 0 Å². The highest BCUT2D eigenvalue weighted by Crippen LogP contribution is 2.25. The van der Waals surface area contributed by atoms with E-state index in [1.807, 2.05) is 13.0 Å². The van der Waals surface area contributed by atoms with Gasteiger partial charge in [-0.1, -0.05) is 6.07 Å². The van der Waals surface area contributed by atoms with Gasteiger partial charge in [0.2, 0.25) is 0 Å². The molecule has 0 heterocycles. The van der Waals surface area contributed by atoms with Gasteiger partial charge in [0.15, 0.2) is 0 Å². The van der Waals surface area contributed by atoms with Crippen LogP contribution < -0.4 is 15.4 Å². The van der Waals surface area contributed by atoms with Crippen LogP contribution in [0, 0.1) is 6.92 Å². The van der Waals surface area contributed by atoms with Crippen LogP contribution in [0.3, 0.4) is 0 Å². The molecule has 0 spiro atoms. The molecule has 0 bridgehead atoms. The number of methoxy groups -OCH3 is 1. The summed E-state index contributed by atoms with van der Waals surface area (Å²) in [6, 6.07) is 5.53. The summed E-state index contributed by atoms with van der Waals surface area (Å²) in [6.45, 7) is 1.93. The Bertz CT molecular complexity index is 495. The van der Waals surface area contributed by atoms with Gasteiger partial charge in [0.1, 0.15) is 5.75 Å². The molecule has 0 saturated heterocycles. The molecule has 1 saturated carbocycles. The molecule has 2 amide bonds. The Balaban J connectivity index is 1.99. The standard InChI is InChI=1S/C14H18N2O3/c1-9-6-7-11(12(8-9)19-2)16-14(18)13(17)15-10-4-3-5-10/h6-8,10H,3-5H2,1-2H3,(H,15,17)(H,16,18). The maximum atomic E-state index is 11.8. The SMILES string of the molecule is COc1cc(C)ccc1NC(=O)C(=O)NC1CCC1. The minimum Gasteiger partial charge on any atom is -0.495 e. The predicted molar refractivity (Wildman–Crippen MR) is 72.1 cm³/mol. The van der Waals surface area contributed by atoms with Gasteiger partial charge >= 0.3 is 11.8 Å². The highest BCUT2D eigenvalue weighted by Gasteiger charge is 2.23. The number of carbonyl (C=O) groups excluding carboxylic acids is 2. The quantitative estimate of drug-likeness (QED) is 0.813. The number of rotatable bonds is 3. The average Bonchev–Trinajstić information content (AvgIpc) is 2.35. The van der Waals surface area contributed by atoms with Crippen LogP contribution in [0.15, 0.2) is 18.2 Å². The molecule has 1 aromatic rings. The summed E-state index contributed by atoms with van der Waals surface area (Å²) in [5.74, 6) is -0.703. The second-order valence-corrected chi connectivity index (χ2v) is 4.76. The largest absolute Gasteiger partial charge is 0.495 e. The molecular formula is C14H18N2O3. The number of nitrogens with one attached hydrogen (secondary N) is 2. The zero-order valence-corrected chi connectivity index (χ0v) is 11.2. The van der Waals surface area contributed by atoms with Crippen LogP contribution in [-0.4, -0.2) is 25.0 Å². The van der Waals surface area contributed by atoms with Crippen molar-refractivity contribution in [3.63, 3.8) is 0 Å². The molecule has 1 fully saturated rings. The number of hydrogen-bond donors (Lipinski definition) is 2. The van der Waals surface area contributed by atoms with Crippen LogP contribution in [0.4, 0.5) is 5.69 Å². The van der Waals surface area contributed by atoms with Crippen LogP contribution in [0.2, 0.25) is 0 Å². The second kappa shape index (κ2) is 5.73. The number of amides is 2. The monoisotopic (exact) mass is 262 g/mol. The first-order valence-electron chi connectivity index (χ1n) is 6.36. The van der Waals surface area contributed by atoms with Gasteiger partial charge in [-0.2, -0.15) is 0 Å². The molecule has 5 heteroatoms. The lowest BCUT2D eigenvalue weighted by molar-refractivity contribution is -0.137. The number of anilines is 1. The minimum absolute atomic E-state index is 0.151. The Kier molecular flexibility index (Phi) is 4.04. The molecule has 1 aliphatic carbocycles. The molecule has 1 aromatic carbocycles. The molecule has 5 nitrogen and oxygen atoms in total. The third-order valence-corrected chi connectivity index (χ3v) is 3.25. The maximum Gasteiger partial charge on any atom is 0.313 e. The van der Waals surface area contributed by atoms with E-state index in [-0.39, 0.29) is 6.04 Å². The van der Waals surface area contributed by atoms with Crippen molar-refractivity contribution in [3.8, 4) is 5.75 Å². The molecule has 2 rings (SSSR count). The van der Waals surface area contributed by atoms with E-state index in [0.29, 0.717) is 11.4 Å². The van der Waals surface area contributed by atoms with Crippen LogP contribution in [0.1, 0.15) is 24.8 Å². The third kappa shape index (κ3) is 3.24. The minimum atomic E-state index is -0.658. The highest BCUT2D eigenvalue weighted by atomic mass is 16.5.